The Morgan fingerprint density at radius 3 is 2.59 bits per heavy atom. The molecule has 2 atom stereocenters. The van der Waals surface area contributed by atoms with E-state index in [2.05, 4.69) is 15.2 Å². The van der Waals surface area contributed by atoms with Gasteiger partial charge in [0.05, 0.1) is 24.4 Å². The molecule has 0 aliphatic carbocycles. The van der Waals surface area contributed by atoms with Crippen molar-refractivity contribution >= 4 is 52.4 Å². The Labute approximate surface area is 316 Å². The fourth-order valence-electron chi connectivity index (χ4n) is 6.74. The van der Waals surface area contributed by atoms with Gasteiger partial charge in [-0.1, -0.05) is 23.7 Å². The monoisotopic (exact) mass is 780 g/mol. The zero-order valence-electron chi connectivity index (χ0n) is 28.6. The number of methoxy groups -OCH3 is 1. The van der Waals surface area contributed by atoms with Crippen molar-refractivity contribution in [2.75, 3.05) is 44.7 Å². The first-order valence-electron chi connectivity index (χ1n) is 16.8. The molecule has 280 valence electrons. The van der Waals surface area contributed by atoms with Crippen LogP contribution in [-0.4, -0.2) is 89.6 Å². The number of carboxylic acid groups (broad SMARTS) is 1. The second-order valence-corrected chi connectivity index (χ2v) is 14.0. The third kappa shape index (κ3) is 7.62. The van der Waals surface area contributed by atoms with E-state index in [0.29, 0.717) is 47.3 Å². The normalized spacial score (nSPS) is 18.7. The molecular weight excluding hydrogens is 749 g/mol. The van der Waals surface area contributed by atoms with E-state index in [-0.39, 0.29) is 65.8 Å². The number of thiazole rings is 1. The molecule has 1 aromatic heterocycles. The zero-order chi connectivity index (χ0) is 38.1. The van der Waals surface area contributed by atoms with Crippen LogP contribution in [0.2, 0.25) is 5.02 Å². The number of esters is 1. The largest absolute Gasteiger partial charge is 0.481 e. The SMILES string of the molecule is COC(=O)C1=C(CN2CCN3C(=O)N(c4ccc(Oc5ccc(CCC(=O)O)cc5F)cc4F)C[C@@H]3C2)NC(c2nccs2)=NC1c1ccc(F)cc1Cl. The van der Waals surface area contributed by atoms with Crippen LogP contribution in [0.5, 0.6) is 11.5 Å². The zero-order valence-corrected chi connectivity index (χ0v) is 30.2. The van der Waals surface area contributed by atoms with E-state index in [9.17, 15) is 23.2 Å². The number of hydrogen-bond donors (Lipinski definition) is 2. The quantitative estimate of drug-likeness (QED) is 0.171. The highest BCUT2D eigenvalue weighted by Crippen LogP contribution is 2.38. The van der Waals surface area contributed by atoms with Gasteiger partial charge in [-0.3, -0.25) is 19.6 Å². The van der Waals surface area contributed by atoms with E-state index < -0.39 is 35.4 Å². The number of fused-ring (bicyclic) bond motifs is 1. The fourth-order valence-corrected chi connectivity index (χ4v) is 7.60. The van der Waals surface area contributed by atoms with Gasteiger partial charge < -0.3 is 24.8 Å². The Kier molecular flexibility index (Phi) is 10.6. The van der Waals surface area contributed by atoms with Crippen molar-refractivity contribution in [2.45, 2.75) is 24.9 Å². The van der Waals surface area contributed by atoms with Gasteiger partial charge in [-0.25, -0.2) is 27.7 Å². The van der Waals surface area contributed by atoms with E-state index in [1.165, 1.54) is 59.7 Å². The van der Waals surface area contributed by atoms with Crippen molar-refractivity contribution < 1.29 is 42.1 Å². The van der Waals surface area contributed by atoms with E-state index >= 15 is 4.39 Å². The molecule has 0 bridgehead atoms. The summed E-state index contributed by atoms with van der Waals surface area (Å²) in [6.45, 7) is 1.54. The van der Waals surface area contributed by atoms with Crippen molar-refractivity contribution in [3.05, 3.63) is 116 Å². The summed E-state index contributed by atoms with van der Waals surface area (Å²) in [5.41, 5.74) is 1.59. The summed E-state index contributed by atoms with van der Waals surface area (Å²) in [5, 5.41) is 14.6. The predicted octanol–water partition coefficient (Wildman–Crippen LogP) is 6.17. The van der Waals surface area contributed by atoms with E-state index in [0.717, 1.165) is 12.1 Å². The molecule has 2 fully saturated rings. The Morgan fingerprint density at radius 2 is 1.89 bits per heavy atom. The minimum atomic E-state index is -1.000. The number of rotatable bonds is 11. The lowest BCUT2D eigenvalue weighted by Crippen LogP contribution is -2.53. The Morgan fingerprint density at radius 1 is 1.06 bits per heavy atom. The number of ether oxygens (including phenoxy) is 2. The highest BCUT2D eigenvalue weighted by Gasteiger charge is 2.43. The number of hydrogen-bond acceptors (Lipinski definition) is 10. The van der Waals surface area contributed by atoms with Gasteiger partial charge in [0.1, 0.15) is 17.6 Å². The van der Waals surface area contributed by atoms with Crippen molar-refractivity contribution in [1.82, 2.24) is 20.1 Å². The molecule has 3 aliphatic heterocycles. The minimum absolute atomic E-state index is 0.0135. The van der Waals surface area contributed by atoms with Gasteiger partial charge in [-0.15, -0.1) is 11.3 Å². The van der Waals surface area contributed by atoms with Crippen LogP contribution in [-0.2, 0) is 20.7 Å². The maximum Gasteiger partial charge on any atom is 0.338 e. The number of amides is 2. The van der Waals surface area contributed by atoms with Gasteiger partial charge in [-0.05, 0) is 48.4 Å². The molecule has 4 aromatic rings. The third-order valence-corrected chi connectivity index (χ3v) is 10.4. The second kappa shape index (κ2) is 15.5. The molecule has 0 saturated carbocycles. The van der Waals surface area contributed by atoms with E-state index in [1.54, 1.807) is 22.5 Å². The molecule has 0 spiro atoms. The van der Waals surface area contributed by atoms with Gasteiger partial charge in [0.15, 0.2) is 28.2 Å². The maximum atomic E-state index is 15.6. The molecule has 12 nitrogen and oxygen atoms in total. The Bertz CT molecular complexity index is 2190. The number of aliphatic imine (C=N–C) groups is 1. The molecule has 2 saturated heterocycles. The van der Waals surface area contributed by atoms with Crippen LogP contribution in [0.25, 0.3) is 0 Å². The number of carboxylic acids is 1. The lowest BCUT2D eigenvalue weighted by Gasteiger charge is -2.38. The standard InChI is InChI=1S/C37H32ClF3N6O6S/c1-52-36(50)32-28(43-34(35-42-10-13-54-35)44-33(32)24-6-4-21(39)15-25(24)38)19-45-11-12-46-22(17-45)18-47(37(46)51)29-7-5-23(16-26(29)40)53-30-8-2-20(14-27(30)41)3-9-31(48)49/h2,4-8,10,13-16,22,33H,3,9,11-12,17-19H2,1H3,(H,43,44)(H,48,49)/t22-,33?/m0/s1. The first kappa shape index (κ1) is 36.9. The third-order valence-electron chi connectivity index (χ3n) is 9.30. The number of urea groups is 1. The summed E-state index contributed by atoms with van der Waals surface area (Å²) >= 11 is 7.82. The summed E-state index contributed by atoms with van der Waals surface area (Å²) in [7, 11) is 1.26. The lowest BCUT2D eigenvalue weighted by atomic mass is 9.95. The molecule has 2 N–H and O–H groups in total. The van der Waals surface area contributed by atoms with Crippen LogP contribution < -0.4 is 15.0 Å². The molecule has 2 amide bonds. The van der Waals surface area contributed by atoms with Crippen LogP contribution in [0.1, 0.15) is 28.6 Å². The fraction of sp³-hybridized carbons (Fsp3) is 0.270. The average Bonchev–Trinajstić information content (AvgIpc) is 3.80. The highest BCUT2D eigenvalue weighted by atomic mass is 35.5. The second-order valence-electron chi connectivity index (χ2n) is 12.7. The van der Waals surface area contributed by atoms with Crippen LogP contribution in [0.3, 0.4) is 0 Å². The van der Waals surface area contributed by atoms with Gasteiger partial charge in [0.25, 0.3) is 0 Å². The number of amidine groups is 1. The summed E-state index contributed by atoms with van der Waals surface area (Å²) < 4.78 is 55.0. The number of aryl methyl sites for hydroxylation is 1. The van der Waals surface area contributed by atoms with Crippen molar-refractivity contribution in [1.29, 1.82) is 0 Å². The first-order valence-corrected chi connectivity index (χ1v) is 18.0. The molecule has 4 heterocycles. The van der Waals surface area contributed by atoms with Crippen LogP contribution in [0, 0.1) is 17.5 Å². The van der Waals surface area contributed by atoms with Gasteiger partial charge in [0.2, 0.25) is 0 Å². The summed E-state index contributed by atoms with van der Waals surface area (Å²) in [5.74, 6) is -3.40. The minimum Gasteiger partial charge on any atom is -0.481 e. The highest BCUT2D eigenvalue weighted by molar-refractivity contribution is 7.11. The Hall–Kier alpha value is -5.45. The number of piperazine rings is 1. The molecule has 0 radical (unpaired) electrons. The lowest BCUT2D eigenvalue weighted by molar-refractivity contribution is -0.137. The topological polar surface area (TPSA) is 137 Å². The van der Waals surface area contributed by atoms with Gasteiger partial charge in [-0.2, -0.15) is 0 Å². The predicted molar refractivity (Wildman–Crippen MR) is 193 cm³/mol. The summed E-state index contributed by atoms with van der Waals surface area (Å²) in [4.78, 5) is 52.0. The molecule has 3 aromatic carbocycles. The number of carbonyl (C=O) groups is 3. The number of aliphatic carboxylic acids is 1. The van der Waals surface area contributed by atoms with Crippen LogP contribution in [0.15, 0.2) is 82.4 Å². The summed E-state index contributed by atoms with van der Waals surface area (Å²) in [6, 6.07) is 10.2. The van der Waals surface area contributed by atoms with E-state index in [4.69, 9.17) is 31.2 Å². The Balaban J connectivity index is 1.08. The average molecular weight is 781 g/mol. The molecule has 17 heteroatoms. The number of aromatic nitrogens is 1. The van der Waals surface area contributed by atoms with Crippen molar-refractivity contribution in [2.24, 2.45) is 4.99 Å². The van der Waals surface area contributed by atoms with Crippen molar-refractivity contribution in [3.63, 3.8) is 0 Å². The van der Waals surface area contributed by atoms with Gasteiger partial charge in [0, 0.05) is 73.1 Å². The summed E-state index contributed by atoms with van der Waals surface area (Å²) in [6.07, 6.45) is 1.62. The molecular formula is C37H32ClF3N6O6S. The van der Waals surface area contributed by atoms with E-state index in [1.807, 2.05) is 0 Å². The van der Waals surface area contributed by atoms with Crippen LogP contribution >= 0.6 is 22.9 Å². The number of nitrogens with one attached hydrogen (secondary N) is 1. The van der Waals surface area contributed by atoms with Gasteiger partial charge >= 0.3 is 18.0 Å². The number of benzene rings is 3. The molecule has 7 rings (SSSR count). The number of anilines is 1. The first-order chi connectivity index (χ1) is 26.0. The molecule has 54 heavy (non-hydrogen) atoms. The van der Waals surface area contributed by atoms with Crippen molar-refractivity contribution in [3.8, 4) is 11.5 Å². The van der Waals surface area contributed by atoms with Crippen LogP contribution in [0.4, 0.5) is 23.7 Å². The number of halogens is 4. The number of carbonyl (C=O) groups excluding carboxylic acids is 2. The smallest absolute Gasteiger partial charge is 0.338 e. The maximum absolute atomic E-state index is 15.6. The number of nitrogens with zero attached hydrogens (tertiary/aromatic N) is 5. The molecule has 3 aliphatic rings. The molecule has 1 unspecified atom stereocenters.